The maximum Gasteiger partial charge on any atom is 0.215 e. The fourth-order valence-corrected chi connectivity index (χ4v) is 2.42. The Hall–Kier alpha value is -1.77. The molecule has 0 bridgehead atoms. The molecule has 2 aromatic heterocycles. The molecule has 0 radical (unpaired) electrons. The van der Waals surface area contributed by atoms with Crippen LogP contribution < -0.4 is 0 Å². The molecule has 3 heteroatoms. The van der Waals surface area contributed by atoms with Crippen LogP contribution in [0.15, 0.2) is 30.5 Å². The SMILES string of the molecule is CCn1c2ccccc2n2cc(C(C)(C)C)nc12. The molecule has 2 heterocycles. The van der Waals surface area contributed by atoms with Gasteiger partial charge in [0.2, 0.25) is 5.78 Å². The smallest absolute Gasteiger partial charge is 0.215 e. The molecule has 0 aliphatic rings. The zero-order chi connectivity index (χ0) is 12.9. The number of hydrogen-bond acceptors (Lipinski definition) is 1. The molecule has 3 nitrogen and oxygen atoms in total. The number of fused-ring (bicyclic) bond motifs is 3. The summed E-state index contributed by atoms with van der Waals surface area (Å²) in [4.78, 5) is 4.82. The summed E-state index contributed by atoms with van der Waals surface area (Å²) in [7, 11) is 0. The van der Waals surface area contributed by atoms with E-state index in [4.69, 9.17) is 4.98 Å². The van der Waals surface area contributed by atoms with Crippen LogP contribution in [0.1, 0.15) is 33.4 Å². The van der Waals surface area contributed by atoms with Gasteiger partial charge in [-0.05, 0) is 19.1 Å². The Morgan fingerprint density at radius 3 is 2.39 bits per heavy atom. The third-order valence-electron chi connectivity index (χ3n) is 3.45. The molecule has 0 fully saturated rings. The van der Waals surface area contributed by atoms with Gasteiger partial charge in [-0.1, -0.05) is 32.9 Å². The molecule has 18 heavy (non-hydrogen) atoms. The Bertz CT molecular complexity index is 710. The van der Waals surface area contributed by atoms with E-state index in [1.54, 1.807) is 0 Å². The van der Waals surface area contributed by atoms with Crippen molar-refractivity contribution in [3.05, 3.63) is 36.2 Å². The number of rotatable bonds is 1. The first-order valence-corrected chi connectivity index (χ1v) is 6.49. The highest BCUT2D eigenvalue weighted by atomic mass is 15.2. The number of nitrogens with zero attached hydrogens (tertiary/aromatic N) is 3. The topological polar surface area (TPSA) is 22.2 Å². The monoisotopic (exact) mass is 241 g/mol. The van der Waals surface area contributed by atoms with Crippen LogP contribution in [0, 0.1) is 0 Å². The second-order valence-electron chi connectivity index (χ2n) is 5.78. The maximum atomic E-state index is 4.82. The number of aryl methyl sites for hydroxylation is 1. The first kappa shape index (κ1) is 11.3. The molecule has 0 N–H and O–H groups in total. The van der Waals surface area contributed by atoms with E-state index in [0.717, 1.165) is 18.0 Å². The van der Waals surface area contributed by atoms with Gasteiger partial charge in [0, 0.05) is 18.2 Å². The van der Waals surface area contributed by atoms with Crippen molar-refractivity contribution in [3.8, 4) is 0 Å². The summed E-state index contributed by atoms with van der Waals surface area (Å²) in [5.74, 6) is 1.05. The van der Waals surface area contributed by atoms with Gasteiger partial charge in [0.15, 0.2) is 0 Å². The molecular formula is C15H19N3. The maximum absolute atomic E-state index is 4.82. The van der Waals surface area contributed by atoms with Crippen LogP contribution in [0.3, 0.4) is 0 Å². The zero-order valence-electron chi connectivity index (χ0n) is 11.4. The fourth-order valence-electron chi connectivity index (χ4n) is 2.42. The van der Waals surface area contributed by atoms with Gasteiger partial charge in [-0.2, -0.15) is 0 Å². The Morgan fingerprint density at radius 1 is 1.11 bits per heavy atom. The van der Waals surface area contributed by atoms with Gasteiger partial charge in [0.25, 0.3) is 0 Å². The van der Waals surface area contributed by atoms with E-state index in [2.05, 4.69) is 67.1 Å². The summed E-state index contributed by atoms with van der Waals surface area (Å²) in [6.07, 6.45) is 2.17. The minimum atomic E-state index is 0.0890. The van der Waals surface area contributed by atoms with Crippen LogP contribution in [0.5, 0.6) is 0 Å². The second kappa shape index (κ2) is 3.61. The van der Waals surface area contributed by atoms with Gasteiger partial charge >= 0.3 is 0 Å². The Kier molecular flexibility index (Phi) is 2.27. The summed E-state index contributed by atoms with van der Waals surface area (Å²) < 4.78 is 4.48. The Balaban J connectivity index is 2.41. The zero-order valence-corrected chi connectivity index (χ0v) is 11.4. The average molecular weight is 241 g/mol. The fraction of sp³-hybridized carbons (Fsp3) is 0.400. The molecule has 0 aliphatic carbocycles. The number of para-hydroxylation sites is 2. The van der Waals surface area contributed by atoms with Crippen molar-refractivity contribution in [1.82, 2.24) is 14.0 Å². The molecule has 1 aromatic carbocycles. The molecular weight excluding hydrogens is 222 g/mol. The number of aromatic nitrogens is 3. The van der Waals surface area contributed by atoms with E-state index in [-0.39, 0.29) is 5.41 Å². The summed E-state index contributed by atoms with van der Waals surface area (Å²) in [5.41, 5.74) is 3.72. The summed E-state index contributed by atoms with van der Waals surface area (Å²) in [5, 5.41) is 0. The lowest BCUT2D eigenvalue weighted by molar-refractivity contribution is 0.572. The highest BCUT2D eigenvalue weighted by Crippen LogP contribution is 2.26. The minimum absolute atomic E-state index is 0.0890. The highest BCUT2D eigenvalue weighted by molar-refractivity contribution is 5.81. The van der Waals surface area contributed by atoms with Crippen molar-refractivity contribution in [2.45, 2.75) is 39.7 Å². The van der Waals surface area contributed by atoms with Crippen LogP contribution in [0.4, 0.5) is 0 Å². The average Bonchev–Trinajstić information content (AvgIpc) is 2.84. The summed E-state index contributed by atoms with van der Waals surface area (Å²) >= 11 is 0. The van der Waals surface area contributed by atoms with Crippen LogP contribution in [-0.2, 0) is 12.0 Å². The van der Waals surface area contributed by atoms with E-state index in [0.29, 0.717) is 0 Å². The quantitative estimate of drug-likeness (QED) is 0.638. The van der Waals surface area contributed by atoms with Crippen molar-refractivity contribution in [2.75, 3.05) is 0 Å². The van der Waals surface area contributed by atoms with Gasteiger partial charge in [0.05, 0.1) is 16.7 Å². The predicted octanol–water partition coefficient (Wildman–Crippen LogP) is 3.61. The Morgan fingerprint density at radius 2 is 1.78 bits per heavy atom. The van der Waals surface area contributed by atoms with Gasteiger partial charge < -0.3 is 4.57 Å². The first-order valence-electron chi connectivity index (χ1n) is 6.49. The van der Waals surface area contributed by atoms with Crippen molar-refractivity contribution >= 4 is 16.8 Å². The van der Waals surface area contributed by atoms with Crippen molar-refractivity contribution in [2.24, 2.45) is 0 Å². The summed E-state index contributed by atoms with van der Waals surface area (Å²) in [6, 6.07) is 8.48. The summed E-state index contributed by atoms with van der Waals surface area (Å²) in [6.45, 7) is 9.71. The van der Waals surface area contributed by atoms with Crippen LogP contribution in [0.2, 0.25) is 0 Å². The van der Waals surface area contributed by atoms with Crippen molar-refractivity contribution in [3.63, 3.8) is 0 Å². The molecule has 0 atom stereocenters. The minimum Gasteiger partial charge on any atom is -0.310 e. The third-order valence-corrected chi connectivity index (χ3v) is 3.45. The van der Waals surface area contributed by atoms with E-state index in [9.17, 15) is 0 Å². The lowest BCUT2D eigenvalue weighted by Crippen LogP contribution is -2.11. The molecule has 0 unspecified atom stereocenters. The van der Waals surface area contributed by atoms with Crippen LogP contribution >= 0.6 is 0 Å². The van der Waals surface area contributed by atoms with E-state index in [1.165, 1.54) is 11.0 Å². The Labute approximate surface area is 107 Å². The molecule has 0 saturated heterocycles. The van der Waals surface area contributed by atoms with Gasteiger partial charge in [-0.25, -0.2) is 4.98 Å². The molecule has 3 aromatic rings. The van der Waals surface area contributed by atoms with E-state index >= 15 is 0 Å². The van der Waals surface area contributed by atoms with Gasteiger partial charge in [0.1, 0.15) is 0 Å². The highest BCUT2D eigenvalue weighted by Gasteiger charge is 2.20. The van der Waals surface area contributed by atoms with Crippen LogP contribution in [0.25, 0.3) is 16.8 Å². The lowest BCUT2D eigenvalue weighted by Gasteiger charge is -2.14. The first-order chi connectivity index (χ1) is 8.52. The molecule has 3 rings (SSSR count). The van der Waals surface area contributed by atoms with E-state index in [1.807, 2.05) is 0 Å². The van der Waals surface area contributed by atoms with Gasteiger partial charge in [-0.3, -0.25) is 4.40 Å². The molecule has 0 spiro atoms. The second-order valence-corrected chi connectivity index (χ2v) is 5.78. The number of imidazole rings is 2. The standard InChI is InChI=1S/C15H19N3/c1-5-17-11-8-6-7-9-12(11)18-10-13(15(2,3)4)16-14(17)18/h6-10H,5H2,1-4H3. The number of hydrogen-bond donors (Lipinski definition) is 0. The van der Waals surface area contributed by atoms with E-state index < -0.39 is 0 Å². The molecule has 0 saturated carbocycles. The predicted molar refractivity (Wildman–Crippen MR) is 75.1 cm³/mol. The van der Waals surface area contributed by atoms with Crippen molar-refractivity contribution in [1.29, 1.82) is 0 Å². The molecule has 94 valence electrons. The molecule has 0 amide bonds. The lowest BCUT2D eigenvalue weighted by atomic mass is 9.93. The van der Waals surface area contributed by atoms with Crippen molar-refractivity contribution < 1.29 is 0 Å². The van der Waals surface area contributed by atoms with Gasteiger partial charge in [-0.15, -0.1) is 0 Å². The van der Waals surface area contributed by atoms with Crippen LogP contribution in [-0.4, -0.2) is 14.0 Å². The third kappa shape index (κ3) is 1.47. The normalized spacial score (nSPS) is 12.7. The number of benzene rings is 1. The molecule has 0 aliphatic heterocycles. The largest absolute Gasteiger partial charge is 0.310 e.